The molecule has 406 valence electrons. The molecule has 0 aliphatic heterocycles. The van der Waals surface area contributed by atoms with Crippen LogP contribution in [0.2, 0.25) is 0 Å². The number of rotatable bonds is 31. The Morgan fingerprint density at radius 1 is 0.164 bits per heavy atom. The van der Waals surface area contributed by atoms with Gasteiger partial charge in [-0.25, -0.2) is 0 Å². The number of hydrogen-bond acceptors (Lipinski definition) is 4. The van der Waals surface area contributed by atoms with E-state index in [1.165, 1.54) is 194 Å². The van der Waals surface area contributed by atoms with Crippen molar-refractivity contribution in [1.82, 2.24) is 19.6 Å². The van der Waals surface area contributed by atoms with Crippen LogP contribution in [0.25, 0.3) is 0 Å². The molecule has 0 aliphatic carbocycles. The molecule has 0 fully saturated rings. The molecule has 0 aromatic carbocycles. The van der Waals surface area contributed by atoms with Crippen LogP contribution in [0.1, 0.15) is 309 Å². The van der Waals surface area contributed by atoms with E-state index in [0.29, 0.717) is 0 Å². The summed E-state index contributed by atoms with van der Waals surface area (Å²) in [6, 6.07) is 0. The summed E-state index contributed by atoms with van der Waals surface area (Å²) in [5, 5.41) is 0. The second-order valence-electron chi connectivity index (χ2n) is 13.9. The average molecular weight is 900 g/mol. The molecule has 0 saturated carbocycles. The number of nitrogens with zero attached hydrogens (tertiary/aromatic N) is 4. The third kappa shape index (κ3) is 133. The van der Waals surface area contributed by atoms with Gasteiger partial charge in [-0.3, -0.25) is 0 Å². The van der Waals surface area contributed by atoms with Gasteiger partial charge in [0.2, 0.25) is 0 Å². The lowest BCUT2D eigenvalue weighted by molar-refractivity contribution is 0.310. The number of unbranched alkanes of at least 4 members (excludes halogenated alkanes) is 15. The highest BCUT2D eigenvalue weighted by Crippen LogP contribution is 2.08. The molecule has 0 amide bonds. The van der Waals surface area contributed by atoms with Crippen molar-refractivity contribution < 1.29 is 0 Å². The smallest absolute Gasteiger partial charge is 0.00218 e. The fourth-order valence-corrected chi connectivity index (χ4v) is 5.30. The van der Waals surface area contributed by atoms with E-state index in [1.54, 1.807) is 0 Å². The van der Waals surface area contributed by atoms with Gasteiger partial charge in [0.1, 0.15) is 0 Å². The molecule has 0 unspecified atom stereocenters. The van der Waals surface area contributed by atoms with E-state index in [1.807, 2.05) is 0 Å². The lowest BCUT2D eigenvalue weighted by atomic mass is 10.1. The minimum atomic E-state index is 0. The van der Waals surface area contributed by atoms with E-state index in [0.717, 1.165) is 0 Å². The van der Waals surface area contributed by atoms with Crippen LogP contribution in [-0.2, 0) is 0 Å². The monoisotopic (exact) mass is 899 g/mol. The van der Waals surface area contributed by atoms with E-state index in [-0.39, 0.29) is 126 Å². The Kier molecular flexibility index (Phi) is 253. The predicted octanol–water partition coefficient (Wildman–Crippen LogP) is 22.2. The van der Waals surface area contributed by atoms with Crippen LogP contribution in [0, 0.1) is 0 Å². The zero-order valence-electron chi connectivity index (χ0n) is 33.0. The molecule has 0 heterocycles. The Morgan fingerprint density at radius 3 is 0.426 bits per heavy atom. The maximum absolute atomic E-state index is 2.51. The third-order valence-electron chi connectivity index (χ3n) is 8.69. The summed E-state index contributed by atoms with van der Waals surface area (Å²) in [6.07, 6.45) is 30.2. The summed E-state index contributed by atoms with van der Waals surface area (Å²) >= 11 is 0. The summed E-state index contributed by atoms with van der Waals surface area (Å²) in [5.74, 6) is 0. The molecule has 4 nitrogen and oxygen atoms in total. The highest BCUT2D eigenvalue weighted by molar-refractivity contribution is 4.56. The molecule has 0 bridgehead atoms. The van der Waals surface area contributed by atoms with Crippen LogP contribution >= 0.6 is 0 Å². The van der Waals surface area contributed by atoms with Crippen LogP contribution in [0.15, 0.2) is 0 Å². The number of hydrogen-bond donors (Lipinski definition) is 0. The highest BCUT2D eigenvalue weighted by Gasteiger charge is 2.00. The summed E-state index contributed by atoms with van der Waals surface area (Å²) in [7, 11) is 9.02. The van der Waals surface area contributed by atoms with Crippen LogP contribution in [-0.4, -0.2) is 100 Å². The summed E-state index contributed by atoms with van der Waals surface area (Å²) in [4.78, 5) is 9.92. The van der Waals surface area contributed by atoms with E-state index in [4.69, 9.17) is 0 Å². The molecule has 0 aromatic heterocycles. The van der Waals surface area contributed by atoms with Gasteiger partial charge >= 0.3 is 0 Å². The Morgan fingerprint density at radius 2 is 0.279 bits per heavy atom. The van der Waals surface area contributed by atoms with Gasteiger partial charge in [-0.05, 0) is 132 Å². The zero-order chi connectivity index (χ0) is 33.5. The molecule has 0 rings (SSSR count). The van der Waals surface area contributed by atoms with E-state index >= 15 is 0 Å². The van der Waals surface area contributed by atoms with Crippen LogP contribution in [0.4, 0.5) is 0 Å². The Labute approximate surface area is 407 Å². The minimum absolute atomic E-state index is 0. The van der Waals surface area contributed by atoms with Gasteiger partial charge < -0.3 is 19.6 Å². The van der Waals surface area contributed by atoms with E-state index in [2.05, 4.69) is 89.3 Å². The minimum Gasteiger partial charge on any atom is -0.306 e. The Hall–Kier alpha value is -0.160. The zero-order valence-corrected chi connectivity index (χ0v) is 33.0. The Bertz CT molecular complexity index is 434. The van der Waals surface area contributed by atoms with Crippen molar-refractivity contribution in [2.75, 3.05) is 80.5 Å². The van der Waals surface area contributed by atoms with Gasteiger partial charge in [0.05, 0.1) is 0 Å². The standard InChI is InChI=1S/C20H44N2.C11H25N.C9H21N.17CH4/c1-5-7-13-17-21(3)19-15-11-9-10-12-16-20-22(4)18-14-8-6-2;1-4-6-8-10-12(3)11-9-7-5-2;1-4-6-8-10(3)9-7-5-2;;;;;;;;;;;;;;;;;/h5-20H2,1-4H3;4-11H2,1-3H3;4-9H2,1-3H3;17*1H4. The molecule has 61 heavy (non-hydrogen) atoms. The molecular weight excluding hydrogens is 741 g/mol. The van der Waals surface area contributed by atoms with Gasteiger partial charge in [-0.15, -0.1) is 0 Å². The first-order chi connectivity index (χ1) is 21.3. The second-order valence-corrected chi connectivity index (χ2v) is 13.9. The summed E-state index contributed by atoms with van der Waals surface area (Å²) in [6.45, 7) is 23.9. The lowest BCUT2D eigenvalue weighted by Crippen LogP contribution is -2.21. The molecule has 0 spiro atoms. The van der Waals surface area contributed by atoms with Crippen molar-refractivity contribution in [2.45, 2.75) is 309 Å². The molecule has 0 saturated heterocycles. The van der Waals surface area contributed by atoms with Crippen molar-refractivity contribution in [3.8, 4) is 0 Å². The van der Waals surface area contributed by atoms with Crippen molar-refractivity contribution in [1.29, 1.82) is 0 Å². The maximum Gasteiger partial charge on any atom is -0.00218 e. The van der Waals surface area contributed by atoms with Crippen molar-refractivity contribution in [2.24, 2.45) is 0 Å². The topological polar surface area (TPSA) is 13.0 Å². The van der Waals surface area contributed by atoms with E-state index < -0.39 is 0 Å². The van der Waals surface area contributed by atoms with Gasteiger partial charge in [-0.2, -0.15) is 0 Å². The molecular formula is C57H158N4. The molecule has 0 N–H and O–H groups in total. The Balaban J connectivity index is -0.0000000214. The highest BCUT2D eigenvalue weighted by atomic mass is 15.1. The van der Waals surface area contributed by atoms with Gasteiger partial charge in [0.15, 0.2) is 0 Å². The molecule has 4 heteroatoms. The summed E-state index contributed by atoms with van der Waals surface area (Å²) in [5.41, 5.74) is 0. The van der Waals surface area contributed by atoms with Gasteiger partial charge in [-0.1, -0.05) is 258 Å². The molecule has 0 atom stereocenters. The van der Waals surface area contributed by atoms with Crippen LogP contribution in [0.5, 0.6) is 0 Å². The normalized spacial score (nSPS) is 8.16. The van der Waals surface area contributed by atoms with Crippen LogP contribution < -0.4 is 0 Å². The lowest BCUT2D eigenvalue weighted by Gasteiger charge is -2.16. The van der Waals surface area contributed by atoms with E-state index in [9.17, 15) is 0 Å². The third-order valence-corrected chi connectivity index (χ3v) is 8.69. The summed E-state index contributed by atoms with van der Waals surface area (Å²) < 4.78 is 0. The first-order valence-corrected chi connectivity index (χ1v) is 20.1. The van der Waals surface area contributed by atoms with Gasteiger partial charge in [0.25, 0.3) is 0 Å². The first kappa shape index (κ1) is 131. The molecule has 0 radical (unpaired) electrons. The molecule has 0 aromatic rings. The van der Waals surface area contributed by atoms with Crippen molar-refractivity contribution in [3.05, 3.63) is 0 Å². The average Bonchev–Trinajstić information content (AvgIpc) is 3.01. The quantitative estimate of drug-likeness (QED) is 0.0643. The van der Waals surface area contributed by atoms with Gasteiger partial charge in [0, 0.05) is 0 Å². The molecule has 0 aliphatic rings. The second kappa shape index (κ2) is 118. The van der Waals surface area contributed by atoms with Crippen LogP contribution in [0.3, 0.4) is 0 Å². The van der Waals surface area contributed by atoms with Crippen molar-refractivity contribution >= 4 is 0 Å². The first-order valence-electron chi connectivity index (χ1n) is 20.1. The largest absolute Gasteiger partial charge is 0.306 e. The fraction of sp³-hybridized carbons (Fsp3) is 1.00. The SMILES string of the molecule is C.C.C.C.C.C.C.C.C.C.C.C.C.C.C.C.C.CCCCCN(C)CCCCC.CCCCCN(C)CCCCCCCCN(C)CCCCC.CCCCN(C)CCCC. The maximum atomic E-state index is 2.51. The van der Waals surface area contributed by atoms with Crippen molar-refractivity contribution in [3.63, 3.8) is 0 Å². The predicted molar refractivity (Wildman–Crippen MR) is 320 cm³/mol. The fourth-order valence-electron chi connectivity index (χ4n) is 5.30.